The Balaban J connectivity index is 1.19. The Morgan fingerprint density at radius 2 is 1.94 bits per heavy atom. The first-order chi connectivity index (χ1) is 24.8. The van der Waals surface area contributed by atoms with Crippen LogP contribution in [0.5, 0.6) is 5.88 Å². The summed E-state index contributed by atoms with van der Waals surface area (Å²) in [6.45, 7) is 3.18. The van der Waals surface area contributed by atoms with Gasteiger partial charge in [-0.2, -0.15) is 0 Å². The number of nitrogens with one attached hydrogen (secondary N) is 3. The molecule has 4 aliphatic rings. The summed E-state index contributed by atoms with van der Waals surface area (Å²) >= 11 is 1.24. The molecule has 7 rings (SSSR count). The molecule has 2 aromatic heterocycles. The van der Waals surface area contributed by atoms with Crippen molar-refractivity contribution in [2.24, 2.45) is 5.92 Å². The summed E-state index contributed by atoms with van der Waals surface area (Å²) in [4.78, 5) is 70.0. The standard InChI is InChI=1S/C35H40FN7O7S2/c1-20-31(40-26-14-22(36)10-11-24(26)38-20)50-23-15-28-30(45)41-35(33(47)42-52(48,49)34(2)12-13-34)16-21(35)8-6-4-3-5-7-9-25(32(46)43(28)17-23)39-29(44)27-18-51-19-37-27/h6,8,10-11,14,18-19,21,23,25,28H,3-5,7,9,12-13,15-17H2,1-2H3,(H,39,44)(H,41,45)(H,42,47)/t21-,23-,25+,28+,35-/m1/s1. The van der Waals surface area contributed by atoms with Crippen molar-refractivity contribution in [1.82, 2.24) is 35.2 Å². The van der Waals surface area contributed by atoms with E-state index in [0.29, 0.717) is 43.3 Å². The van der Waals surface area contributed by atoms with E-state index in [2.05, 4.69) is 30.3 Å². The Labute approximate surface area is 304 Å². The molecule has 5 atom stereocenters. The molecule has 52 heavy (non-hydrogen) atoms. The molecule has 17 heteroatoms. The van der Waals surface area contributed by atoms with Crippen molar-refractivity contribution < 1.29 is 36.7 Å². The maximum Gasteiger partial charge on any atom is 0.271 e. The van der Waals surface area contributed by atoms with Gasteiger partial charge in [0.1, 0.15) is 40.9 Å². The van der Waals surface area contributed by atoms with Crippen LogP contribution in [0.25, 0.3) is 11.0 Å². The number of aromatic nitrogens is 3. The number of benzene rings is 1. The fraction of sp³-hybridized carbons (Fsp3) is 0.514. The van der Waals surface area contributed by atoms with Gasteiger partial charge in [0.25, 0.3) is 11.8 Å². The fourth-order valence-electron chi connectivity index (χ4n) is 6.87. The molecule has 4 heterocycles. The lowest BCUT2D eigenvalue weighted by Crippen LogP contribution is -2.58. The maximum atomic E-state index is 14.4. The van der Waals surface area contributed by atoms with Gasteiger partial charge in [0.05, 0.1) is 27.8 Å². The number of fused-ring (bicyclic) bond motifs is 3. The highest BCUT2D eigenvalue weighted by Gasteiger charge is 2.63. The van der Waals surface area contributed by atoms with Crippen molar-refractivity contribution in [3.8, 4) is 5.88 Å². The van der Waals surface area contributed by atoms with E-state index in [4.69, 9.17) is 4.74 Å². The highest BCUT2D eigenvalue weighted by Crippen LogP contribution is 2.47. The van der Waals surface area contributed by atoms with Gasteiger partial charge in [0.15, 0.2) is 0 Å². The summed E-state index contributed by atoms with van der Waals surface area (Å²) in [5.74, 6) is -3.37. The fourth-order valence-corrected chi connectivity index (χ4v) is 8.72. The second-order valence-electron chi connectivity index (χ2n) is 14.4. The number of halogens is 1. The average Bonchev–Trinajstić information content (AvgIpc) is 3.84. The molecule has 1 saturated heterocycles. The number of hydrogen-bond donors (Lipinski definition) is 3. The van der Waals surface area contributed by atoms with E-state index in [9.17, 15) is 32.0 Å². The molecule has 0 unspecified atom stereocenters. The van der Waals surface area contributed by atoms with E-state index in [1.807, 2.05) is 12.2 Å². The summed E-state index contributed by atoms with van der Waals surface area (Å²) in [5, 5.41) is 7.24. The van der Waals surface area contributed by atoms with Crippen LogP contribution in [-0.2, 0) is 24.4 Å². The number of thiazole rings is 1. The minimum absolute atomic E-state index is 0.0127. The molecule has 276 valence electrons. The van der Waals surface area contributed by atoms with Crippen molar-refractivity contribution in [2.75, 3.05) is 6.54 Å². The Hall–Kier alpha value is -4.51. The number of nitrogens with zero attached hydrogens (tertiary/aromatic N) is 4. The second kappa shape index (κ2) is 13.8. The summed E-state index contributed by atoms with van der Waals surface area (Å²) < 4.78 is 47.6. The molecule has 4 amide bonds. The zero-order valence-electron chi connectivity index (χ0n) is 28.8. The minimum atomic E-state index is -4.00. The van der Waals surface area contributed by atoms with E-state index in [0.717, 1.165) is 12.8 Å². The highest BCUT2D eigenvalue weighted by atomic mass is 32.2. The van der Waals surface area contributed by atoms with E-state index in [1.54, 1.807) is 19.2 Å². The van der Waals surface area contributed by atoms with Crippen LogP contribution in [0.2, 0.25) is 0 Å². The quantitative estimate of drug-likeness (QED) is 0.303. The Morgan fingerprint density at radius 1 is 1.13 bits per heavy atom. The Morgan fingerprint density at radius 3 is 2.69 bits per heavy atom. The number of carbonyl (C=O) groups is 4. The van der Waals surface area contributed by atoms with Gasteiger partial charge < -0.3 is 20.3 Å². The predicted molar refractivity (Wildman–Crippen MR) is 188 cm³/mol. The topological polar surface area (TPSA) is 190 Å². The van der Waals surface area contributed by atoms with Gasteiger partial charge in [0.2, 0.25) is 27.7 Å². The number of sulfonamides is 1. The minimum Gasteiger partial charge on any atom is -0.471 e. The van der Waals surface area contributed by atoms with Crippen molar-refractivity contribution in [2.45, 2.75) is 100 Å². The molecule has 1 aromatic carbocycles. The SMILES string of the molecule is Cc1nc2ccc(F)cc2nc1O[C@@H]1C[C@H]2C(=O)N[C@]3(C(=O)NS(=O)(=O)C4(C)CC4)C[C@H]3C=CCCCCC[C@H](NC(=O)c3cscn3)C(=O)N2C1. The van der Waals surface area contributed by atoms with E-state index >= 15 is 0 Å². The molecule has 3 aromatic rings. The third-order valence-corrected chi connectivity index (χ3v) is 13.2. The first-order valence-electron chi connectivity index (χ1n) is 17.4. The van der Waals surface area contributed by atoms with Crippen LogP contribution in [0.15, 0.2) is 41.2 Å². The van der Waals surface area contributed by atoms with Crippen LogP contribution in [0.1, 0.15) is 80.9 Å². The monoisotopic (exact) mass is 753 g/mol. The van der Waals surface area contributed by atoms with E-state index in [-0.39, 0.29) is 36.5 Å². The van der Waals surface area contributed by atoms with Gasteiger partial charge in [-0.1, -0.05) is 25.0 Å². The van der Waals surface area contributed by atoms with Crippen LogP contribution in [0.4, 0.5) is 4.39 Å². The number of rotatable bonds is 7. The van der Waals surface area contributed by atoms with Gasteiger partial charge in [0, 0.05) is 23.8 Å². The van der Waals surface area contributed by atoms with Crippen molar-refractivity contribution >= 4 is 56.0 Å². The lowest BCUT2D eigenvalue weighted by atomic mass is 10.0. The van der Waals surface area contributed by atoms with Gasteiger partial charge in [-0.25, -0.2) is 27.8 Å². The first-order valence-corrected chi connectivity index (χ1v) is 19.9. The molecule has 2 saturated carbocycles. The summed E-state index contributed by atoms with van der Waals surface area (Å²) in [6, 6.07) is 1.87. The number of aryl methyl sites for hydroxylation is 1. The van der Waals surface area contributed by atoms with Crippen molar-refractivity contribution in [3.63, 3.8) is 0 Å². The Bertz CT molecular complexity index is 2060. The molecular weight excluding hydrogens is 714 g/mol. The molecular formula is C35H40FN7O7S2. The second-order valence-corrected chi connectivity index (χ2v) is 17.3. The largest absolute Gasteiger partial charge is 0.471 e. The summed E-state index contributed by atoms with van der Waals surface area (Å²) in [7, 11) is -4.00. The smallest absolute Gasteiger partial charge is 0.271 e. The van der Waals surface area contributed by atoms with Crippen molar-refractivity contribution in [3.05, 3.63) is 58.4 Å². The normalized spacial score (nSPS) is 27.4. The Kier molecular flexibility index (Phi) is 9.52. The van der Waals surface area contributed by atoms with Crippen molar-refractivity contribution in [1.29, 1.82) is 0 Å². The first kappa shape index (κ1) is 35.9. The third kappa shape index (κ3) is 7.12. The molecule has 0 radical (unpaired) electrons. The number of hydrogen-bond acceptors (Lipinski definition) is 11. The molecule has 2 aliphatic carbocycles. The zero-order chi connectivity index (χ0) is 36.8. The molecule has 0 bridgehead atoms. The lowest BCUT2D eigenvalue weighted by molar-refractivity contribution is -0.141. The lowest BCUT2D eigenvalue weighted by Gasteiger charge is -2.30. The number of carbonyl (C=O) groups excluding carboxylic acids is 4. The molecule has 14 nitrogen and oxygen atoms in total. The van der Waals surface area contributed by atoms with Gasteiger partial charge in [-0.05, 0) is 64.5 Å². The molecule has 0 spiro atoms. The summed E-state index contributed by atoms with van der Waals surface area (Å²) in [6.07, 6.45) is 7.15. The van der Waals surface area contributed by atoms with E-state index in [1.165, 1.54) is 39.9 Å². The zero-order valence-corrected chi connectivity index (χ0v) is 30.4. The van der Waals surface area contributed by atoms with Crippen LogP contribution >= 0.6 is 11.3 Å². The molecule has 2 aliphatic heterocycles. The third-order valence-electron chi connectivity index (χ3n) is 10.5. The highest BCUT2D eigenvalue weighted by molar-refractivity contribution is 7.91. The van der Waals surface area contributed by atoms with Crippen LogP contribution in [0.3, 0.4) is 0 Å². The number of amides is 4. The van der Waals surface area contributed by atoms with Gasteiger partial charge >= 0.3 is 0 Å². The van der Waals surface area contributed by atoms with Gasteiger partial charge in [-0.15, -0.1) is 11.3 Å². The molecule has 3 fully saturated rings. The number of allylic oxidation sites excluding steroid dienone is 1. The number of ether oxygens (including phenoxy) is 1. The summed E-state index contributed by atoms with van der Waals surface area (Å²) in [5.41, 5.74) is 1.29. The predicted octanol–water partition coefficient (Wildman–Crippen LogP) is 3.07. The van der Waals surface area contributed by atoms with Gasteiger partial charge in [-0.3, -0.25) is 23.9 Å². The van der Waals surface area contributed by atoms with Crippen LogP contribution < -0.4 is 20.1 Å². The van der Waals surface area contributed by atoms with Crippen LogP contribution in [0, 0.1) is 18.7 Å². The molecule has 3 N–H and O–H groups in total. The average molecular weight is 754 g/mol. The maximum absolute atomic E-state index is 14.4. The van der Waals surface area contributed by atoms with Crippen LogP contribution in [-0.4, -0.2) is 86.9 Å². The van der Waals surface area contributed by atoms with E-state index < -0.39 is 73.9 Å².